The van der Waals surface area contributed by atoms with Crippen LogP contribution in [0.25, 0.3) is 0 Å². The Bertz CT molecular complexity index is 1740. The quantitative estimate of drug-likeness (QED) is 0.0203. The number of rotatable bonds is 13. The predicted molar refractivity (Wildman–Crippen MR) is 358 cm³/mol. The van der Waals surface area contributed by atoms with Gasteiger partial charge in [0, 0.05) is 141 Å². The first-order valence-corrected chi connectivity index (χ1v) is 30.3. The smallest absolute Gasteiger partial charge is 0.870 e. The van der Waals surface area contributed by atoms with Crippen molar-refractivity contribution in [2.45, 2.75) is 234 Å². The number of aliphatic hydroxyl groups excluding tert-OH is 4. The van der Waals surface area contributed by atoms with Crippen LogP contribution in [0.5, 0.6) is 0 Å². The van der Waals surface area contributed by atoms with E-state index in [1.807, 2.05) is 30.9 Å². The summed E-state index contributed by atoms with van der Waals surface area (Å²) in [5.74, 6) is 12.7. The second-order valence-corrected chi connectivity index (χ2v) is 20.6. The van der Waals surface area contributed by atoms with E-state index in [4.69, 9.17) is 15.7 Å². The summed E-state index contributed by atoms with van der Waals surface area (Å²) in [6.07, 6.45) is 22.7. The molecule has 26 N–H and O–H groups in total. The van der Waals surface area contributed by atoms with Gasteiger partial charge in [-0.05, 0) is 110 Å². The van der Waals surface area contributed by atoms with E-state index in [-0.39, 0.29) is 136 Å². The molecule has 0 spiro atoms. The molecule has 4 atom stereocenters. The Morgan fingerprint density at radius 1 is 0.385 bits per heavy atom. The molecule has 0 aliphatic carbocycles. The van der Waals surface area contributed by atoms with Gasteiger partial charge in [0.1, 0.15) is 50.1 Å². The Hall–Kier alpha value is -4.28. The van der Waals surface area contributed by atoms with Crippen LogP contribution < -0.4 is 120 Å². The molecule has 0 aromatic heterocycles. The summed E-state index contributed by atoms with van der Waals surface area (Å²) in [6.45, 7) is 19.3. The van der Waals surface area contributed by atoms with Gasteiger partial charge in [0.15, 0.2) is 0 Å². The molecule has 6 aliphatic rings. The molecule has 6 saturated heterocycles. The van der Waals surface area contributed by atoms with E-state index >= 15 is 0 Å². The summed E-state index contributed by atoms with van der Waals surface area (Å²) in [7, 11) is 0. The number of aliphatic carboxylic acids is 1. The second kappa shape index (κ2) is 84.9. The molecule has 40 heteroatoms. The number of nitrogens with two attached hydrogens (primary N) is 3. The zero-order valence-corrected chi connectivity index (χ0v) is 62.7. The molecular weight excluding hydrogens is 1290 g/mol. The first-order chi connectivity index (χ1) is 42.1. The Morgan fingerprint density at radius 3 is 0.698 bits per heavy atom. The topological polar surface area (TPSA) is 647 Å². The minimum atomic E-state index is -1.08. The van der Waals surface area contributed by atoms with Crippen molar-refractivity contribution in [1.29, 1.82) is 0 Å². The number of carbonyl (C=O) groups is 12. The summed E-state index contributed by atoms with van der Waals surface area (Å²) in [5, 5.41) is 56.5. The van der Waals surface area contributed by atoms with Crippen molar-refractivity contribution in [2.75, 3.05) is 52.4 Å². The van der Waals surface area contributed by atoms with Crippen molar-refractivity contribution in [1.82, 2.24) is 68.0 Å². The van der Waals surface area contributed by atoms with Crippen LogP contribution >= 0.6 is 0 Å². The van der Waals surface area contributed by atoms with Crippen LogP contribution in [-0.2, 0) is 57.5 Å². The van der Waals surface area contributed by atoms with Crippen LogP contribution in [0, 0.1) is 0 Å². The van der Waals surface area contributed by atoms with Gasteiger partial charge in [-0.15, -0.1) is 0 Å². The van der Waals surface area contributed by atoms with E-state index in [1.165, 1.54) is 115 Å². The van der Waals surface area contributed by atoms with Gasteiger partial charge in [0.2, 0.25) is 41.4 Å². The Labute approximate surface area is 619 Å². The molecule has 4 unspecified atom stereocenters. The van der Waals surface area contributed by atoms with Crippen molar-refractivity contribution >= 4 is 72.5 Å². The normalized spacial score (nSPS) is 18.3. The third-order valence-electron chi connectivity index (χ3n) is 11.8. The van der Waals surface area contributed by atoms with Crippen molar-refractivity contribution in [3.8, 4) is 0 Å². The number of aliphatic hydroxyl groups is 4. The third-order valence-corrected chi connectivity index (χ3v) is 11.8. The molecule has 38 nitrogen and oxygen atoms in total. The van der Waals surface area contributed by atoms with Crippen LogP contribution in [0.1, 0.15) is 218 Å². The SMILES string of the molecule is CC(=O)NN.CC(=O)NN.CC(=O)NN1C(O)CCCC1O.CC(=O)NN1C(O)CCCC1O.CC(=O)NN1CCCCC1.CC(=O)NN1CCCCC1.CC(=O)NN1CCCCC1.CC(=O)[O-].NN1CCCCC1.O.O.O.O.O=CCCCC=O.O=CCCCC=O.[HH].[HH].[HH].[HH].[HH].[HH].[Na+].[Na+].[OH-]. The Morgan fingerprint density at radius 2 is 0.562 bits per heavy atom. The van der Waals surface area contributed by atoms with Crippen LogP contribution in [0.4, 0.5) is 0 Å². The van der Waals surface area contributed by atoms with Crippen LogP contribution in [0.3, 0.4) is 0 Å². The number of carbonyl (C=O) groups excluding carboxylic acids is 12. The van der Waals surface area contributed by atoms with Crippen LogP contribution in [0.15, 0.2) is 0 Å². The number of piperidine rings is 6. The number of hydrogen-bond acceptors (Lipinski definition) is 27. The predicted octanol–water partition coefficient (Wildman–Crippen LogP) is -9.90. The number of unbranched alkanes of at least 4 members (excludes halogenated alkanes) is 4. The second-order valence-electron chi connectivity index (χ2n) is 20.6. The summed E-state index contributed by atoms with van der Waals surface area (Å²) in [5.41, 5.74) is 16.9. The third kappa shape index (κ3) is 91.8. The average Bonchev–Trinajstić information content (AvgIpc) is 3.47. The summed E-state index contributed by atoms with van der Waals surface area (Å²) >= 11 is 0. The number of nitrogens with zero attached hydrogens (tertiary/aromatic N) is 6. The monoisotopic (exact) mass is 1430 g/mol. The standard InChI is InChI=1S/2C7H14N2O3.3C7H14N2O.C5H12N2.2C5H8O2.2C2H6N2O.C2H4O2.2Na.5H2O.6H2/c2*1-5(10)8-9-6(11)3-2-4-7(9)12;3*1-7(10)8-9-5-3-2-4-6-9;6-7-4-2-1-3-5-7;2*6-4-2-1-3-5-7;2*1-2(5)4-3;1-2(3)4;;;;;;;;;;;;;/h2*6-7,11-12H,2-4H2,1H3,(H,8,10);3*2-6H2,1H3,(H,8,10);1-6H2;2*4-5H,1-3H2;2*3H2,1H3,(H,4,5);1H3,(H,3,4);;;5*1H2;6*1H/q;;;;;;;;;;;2*+1;;;;;;;;;;;/p-2. The summed E-state index contributed by atoms with van der Waals surface area (Å²) < 4.78 is 0. The zero-order valence-electron chi connectivity index (χ0n) is 58.7. The van der Waals surface area contributed by atoms with E-state index in [9.17, 15) is 73.2 Å². The molecule has 0 aromatic carbocycles. The fraction of sp³-hybridized carbons (Fsp3) is 0.786. The molecule has 6 fully saturated rings. The van der Waals surface area contributed by atoms with Crippen LogP contribution in [0.2, 0.25) is 0 Å². The number of hydrogen-bond donors (Lipinski definition) is 14. The maximum atomic E-state index is 10.6. The molecular formula is C56H134N16Na2O22. The van der Waals surface area contributed by atoms with Crippen molar-refractivity contribution < 1.29 is 178 Å². The average molecular weight is 1430 g/mol. The number of nitrogens with one attached hydrogen (secondary N) is 7. The number of aldehydes is 4. The van der Waals surface area contributed by atoms with Gasteiger partial charge in [-0.25, -0.2) is 31.7 Å². The van der Waals surface area contributed by atoms with E-state index in [0.717, 1.165) is 97.3 Å². The van der Waals surface area contributed by atoms with Gasteiger partial charge in [-0.2, -0.15) is 10.0 Å². The summed E-state index contributed by atoms with van der Waals surface area (Å²) in [6, 6.07) is 0. The number of carboxylic acids is 1. The van der Waals surface area contributed by atoms with E-state index < -0.39 is 30.9 Å². The number of amides is 7. The molecule has 6 heterocycles. The van der Waals surface area contributed by atoms with E-state index in [0.29, 0.717) is 64.2 Å². The maximum absolute atomic E-state index is 10.6. The first kappa shape index (κ1) is 119. The molecule has 0 aromatic rings. The Balaban J connectivity index is -0.0000000476. The zero-order chi connectivity index (χ0) is 68.8. The maximum Gasteiger partial charge on any atom is 1.00 e. The fourth-order valence-electron chi connectivity index (χ4n) is 7.75. The van der Waals surface area contributed by atoms with Gasteiger partial charge >= 0.3 is 59.1 Å². The van der Waals surface area contributed by atoms with Gasteiger partial charge in [-0.1, -0.05) is 25.7 Å². The van der Waals surface area contributed by atoms with Crippen molar-refractivity contribution in [2.24, 2.45) is 17.5 Å². The number of carboxylic acid groups (broad SMARTS) is 1. The molecule has 7 amide bonds. The van der Waals surface area contributed by atoms with E-state index in [2.05, 4.69) is 38.8 Å². The first-order valence-electron chi connectivity index (χ1n) is 30.3. The molecule has 572 valence electrons. The molecule has 0 saturated carbocycles. The Kier molecular flexibility index (Phi) is 105. The van der Waals surface area contributed by atoms with Crippen molar-refractivity contribution in [3.05, 3.63) is 0 Å². The van der Waals surface area contributed by atoms with Crippen molar-refractivity contribution in [3.63, 3.8) is 0 Å². The molecule has 0 bridgehead atoms. The van der Waals surface area contributed by atoms with Gasteiger partial charge in [0.25, 0.3) is 0 Å². The molecule has 0 radical (unpaired) electrons. The fourth-order valence-corrected chi connectivity index (χ4v) is 7.75. The molecule has 6 aliphatic heterocycles. The number of hydrazine groups is 8. The minimum absolute atomic E-state index is 0. The largest absolute Gasteiger partial charge is 1.00 e. The molecule has 6 rings (SSSR count). The van der Waals surface area contributed by atoms with Gasteiger partial charge in [-0.3, -0.25) is 77.4 Å². The van der Waals surface area contributed by atoms with Gasteiger partial charge in [0.05, 0.1) is 0 Å². The minimum Gasteiger partial charge on any atom is -0.870 e. The molecule has 96 heavy (non-hydrogen) atoms. The van der Waals surface area contributed by atoms with E-state index in [1.54, 1.807) is 20.8 Å². The summed E-state index contributed by atoms with van der Waals surface area (Å²) in [4.78, 5) is 119. The van der Waals surface area contributed by atoms with Gasteiger partial charge < -0.3 is 76.9 Å². The van der Waals surface area contributed by atoms with Crippen LogP contribution in [-0.4, -0.2) is 228 Å².